The van der Waals surface area contributed by atoms with Crippen LogP contribution in [0.4, 0.5) is 14.5 Å². The first-order chi connectivity index (χ1) is 12.1. The summed E-state index contributed by atoms with van der Waals surface area (Å²) in [5, 5.41) is 3.37. The van der Waals surface area contributed by atoms with Gasteiger partial charge in [-0.05, 0) is 37.3 Å². The van der Waals surface area contributed by atoms with Crippen molar-refractivity contribution in [3.63, 3.8) is 0 Å². The molecule has 126 valence electrons. The second-order valence-corrected chi connectivity index (χ2v) is 5.84. The molecule has 0 bridgehead atoms. The Bertz CT molecular complexity index is 1070. The number of halogens is 2. The molecule has 4 nitrogen and oxygen atoms in total. The van der Waals surface area contributed by atoms with Crippen LogP contribution in [0.15, 0.2) is 48.7 Å². The number of hydrogen-bond acceptors (Lipinski definition) is 3. The molecule has 2 aromatic heterocycles. The molecule has 1 N–H and O–H groups in total. The summed E-state index contributed by atoms with van der Waals surface area (Å²) in [4.78, 5) is 8.48. The van der Waals surface area contributed by atoms with Gasteiger partial charge in [-0.2, -0.15) is 0 Å². The first kappa shape index (κ1) is 15.5. The van der Waals surface area contributed by atoms with Gasteiger partial charge in [-0.25, -0.2) is 13.8 Å². The number of anilines is 1. The Morgan fingerprint density at radius 2 is 1.84 bits per heavy atom. The minimum atomic E-state index is -0.531. The van der Waals surface area contributed by atoms with Crippen molar-refractivity contribution in [2.45, 2.75) is 13.5 Å². The molecule has 2 heterocycles. The highest BCUT2D eigenvalue weighted by Crippen LogP contribution is 2.26. The molecular weight excluding hydrogens is 322 g/mol. The number of imidazole rings is 1. The normalized spacial score (nSPS) is 11.3. The number of para-hydroxylation sites is 2. The number of aryl methyl sites for hydroxylation is 1. The molecule has 4 rings (SSSR count). The highest BCUT2D eigenvalue weighted by atomic mass is 19.1. The van der Waals surface area contributed by atoms with Gasteiger partial charge >= 0.3 is 0 Å². The molecule has 0 fully saturated rings. The predicted octanol–water partition coefficient (Wildman–Crippen LogP) is 4.28. The van der Waals surface area contributed by atoms with Gasteiger partial charge in [0.25, 0.3) is 0 Å². The molecule has 0 saturated heterocycles. The third-order valence-electron chi connectivity index (χ3n) is 4.29. The van der Waals surface area contributed by atoms with E-state index in [9.17, 15) is 8.78 Å². The Morgan fingerprint density at radius 3 is 2.72 bits per heavy atom. The van der Waals surface area contributed by atoms with E-state index >= 15 is 0 Å². The third kappa shape index (κ3) is 2.69. The van der Waals surface area contributed by atoms with Crippen molar-refractivity contribution in [2.24, 2.45) is 0 Å². The Labute approximate surface area is 143 Å². The van der Waals surface area contributed by atoms with Crippen LogP contribution in [-0.2, 0) is 6.54 Å². The van der Waals surface area contributed by atoms with Gasteiger partial charge in [0, 0.05) is 25.0 Å². The minimum absolute atomic E-state index is 0.0364. The maximum absolute atomic E-state index is 14.1. The molecule has 6 heteroatoms. The quantitative estimate of drug-likeness (QED) is 0.604. The molecular formula is C19H16F2N4. The van der Waals surface area contributed by atoms with E-state index in [-0.39, 0.29) is 10.9 Å². The van der Waals surface area contributed by atoms with Crippen molar-refractivity contribution in [3.8, 4) is 0 Å². The molecule has 0 aliphatic rings. The lowest BCUT2D eigenvalue weighted by Gasteiger charge is -2.12. The van der Waals surface area contributed by atoms with Crippen LogP contribution in [0.2, 0.25) is 0 Å². The first-order valence-corrected chi connectivity index (χ1v) is 8.03. The van der Waals surface area contributed by atoms with Crippen LogP contribution in [-0.4, -0.2) is 21.1 Å². The Hall–Kier alpha value is -3.02. The zero-order chi connectivity index (χ0) is 17.4. The molecule has 0 aliphatic carbocycles. The lowest BCUT2D eigenvalue weighted by Crippen LogP contribution is -2.12. The lowest BCUT2D eigenvalue weighted by atomic mass is 10.1. The number of pyridine rings is 1. The molecule has 0 aliphatic heterocycles. The van der Waals surface area contributed by atoms with Crippen LogP contribution in [0, 0.1) is 18.6 Å². The van der Waals surface area contributed by atoms with Crippen molar-refractivity contribution < 1.29 is 8.78 Å². The number of rotatable bonds is 4. The van der Waals surface area contributed by atoms with Crippen molar-refractivity contribution >= 4 is 27.6 Å². The molecule has 4 aromatic rings. The van der Waals surface area contributed by atoms with Crippen molar-refractivity contribution in [1.82, 2.24) is 14.5 Å². The molecule has 0 spiro atoms. The van der Waals surface area contributed by atoms with Crippen LogP contribution < -0.4 is 5.32 Å². The second-order valence-electron chi connectivity index (χ2n) is 5.84. The van der Waals surface area contributed by atoms with Crippen LogP contribution in [0.5, 0.6) is 0 Å². The summed E-state index contributed by atoms with van der Waals surface area (Å²) in [5.41, 5.74) is 2.57. The van der Waals surface area contributed by atoms with Crippen molar-refractivity contribution in [1.29, 1.82) is 0 Å². The van der Waals surface area contributed by atoms with E-state index in [4.69, 9.17) is 0 Å². The summed E-state index contributed by atoms with van der Waals surface area (Å²) >= 11 is 0. The fourth-order valence-electron chi connectivity index (χ4n) is 3.12. The summed E-state index contributed by atoms with van der Waals surface area (Å²) in [6.45, 7) is 3.17. The average molecular weight is 338 g/mol. The Balaban J connectivity index is 1.61. The summed E-state index contributed by atoms with van der Waals surface area (Å²) in [7, 11) is 0. The van der Waals surface area contributed by atoms with E-state index in [0.29, 0.717) is 18.8 Å². The smallest absolute Gasteiger partial charge is 0.149 e. The average Bonchev–Trinajstić information content (AvgIpc) is 2.94. The van der Waals surface area contributed by atoms with Gasteiger partial charge in [0.1, 0.15) is 23.0 Å². The number of aromatic nitrogens is 3. The van der Waals surface area contributed by atoms with Crippen LogP contribution in [0.3, 0.4) is 0 Å². The summed E-state index contributed by atoms with van der Waals surface area (Å²) in [6, 6.07) is 11.8. The van der Waals surface area contributed by atoms with E-state index in [2.05, 4.69) is 19.9 Å². The number of fused-ring (bicyclic) bond motifs is 2. The van der Waals surface area contributed by atoms with Crippen LogP contribution in [0.1, 0.15) is 5.82 Å². The maximum atomic E-state index is 14.1. The monoisotopic (exact) mass is 338 g/mol. The Kier molecular flexibility index (Phi) is 3.80. The number of hydrogen-bond donors (Lipinski definition) is 1. The third-order valence-corrected chi connectivity index (χ3v) is 4.29. The highest BCUT2D eigenvalue weighted by Gasteiger charge is 2.12. The number of benzene rings is 2. The van der Waals surface area contributed by atoms with Crippen molar-refractivity contribution in [3.05, 3.63) is 66.1 Å². The molecule has 0 unspecified atom stereocenters. The Morgan fingerprint density at radius 1 is 1.04 bits per heavy atom. The fourth-order valence-corrected chi connectivity index (χ4v) is 3.12. The van der Waals surface area contributed by atoms with Crippen molar-refractivity contribution in [2.75, 3.05) is 11.9 Å². The molecule has 25 heavy (non-hydrogen) atoms. The minimum Gasteiger partial charge on any atom is -0.383 e. The van der Waals surface area contributed by atoms with Gasteiger partial charge in [0.15, 0.2) is 0 Å². The van der Waals surface area contributed by atoms with E-state index in [0.717, 1.165) is 29.0 Å². The standard InChI is InChI=1S/C19H16F2N4/c1-12-24-15-4-2-3-5-17(15)25(12)11-10-22-16-8-9-23-19-14(21)7-6-13(20)18(16)19/h2-9H,10-11H2,1H3,(H,22,23). The van der Waals surface area contributed by atoms with Gasteiger partial charge in [-0.1, -0.05) is 12.1 Å². The highest BCUT2D eigenvalue weighted by molar-refractivity contribution is 5.91. The molecule has 0 saturated carbocycles. The largest absolute Gasteiger partial charge is 0.383 e. The first-order valence-electron chi connectivity index (χ1n) is 8.03. The van der Waals surface area contributed by atoms with Gasteiger partial charge < -0.3 is 9.88 Å². The van der Waals surface area contributed by atoms with Gasteiger partial charge in [0.05, 0.1) is 16.4 Å². The van der Waals surface area contributed by atoms with Crippen LogP contribution in [0.25, 0.3) is 21.9 Å². The SMILES string of the molecule is Cc1nc2ccccc2n1CCNc1ccnc2c(F)ccc(F)c12. The number of nitrogens with one attached hydrogen (secondary N) is 1. The molecule has 0 atom stereocenters. The zero-order valence-electron chi connectivity index (χ0n) is 13.6. The maximum Gasteiger partial charge on any atom is 0.149 e. The zero-order valence-corrected chi connectivity index (χ0v) is 13.6. The van der Waals surface area contributed by atoms with E-state index in [1.54, 1.807) is 6.07 Å². The predicted molar refractivity (Wildman–Crippen MR) is 94.6 cm³/mol. The molecule has 0 amide bonds. The summed E-state index contributed by atoms with van der Waals surface area (Å²) in [5.74, 6) is -0.104. The van der Waals surface area contributed by atoms with E-state index in [1.807, 2.05) is 31.2 Å². The molecule has 0 radical (unpaired) electrons. The topological polar surface area (TPSA) is 42.7 Å². The molecule has 2 aromatic carbocycles. The summed E-state index contributed by atoms with van der Waals surface area (Å²) in [6.07, 6.45) is 1.48. The van der Waals surface area contributed by atoms with E-state index in [1.165, 1.54) is 6.20 Å². The van der Waals surface area contributed by atoms with Crippen LogP contribution >= 0.6 is 0 Å². The second kappa shape index (κ2) is 6.12. The number of nitrogens with zero attached hydrogens (tertiary/aromatic N) is 3. The van der Waals surface area contributed by atoms with Gasteiger partial charge in [-0.3, -0.25) is 4.98 Å². The van der Waals surface area contributed by atoms with Gasteiger partial charge in [-0.15, -0.1) is 0 Å². The van der Waals surface area contributed by atoms with Gasteiger partial charge in [0.2, 0.25) is 0 Å². The van der Waals surface area contributed by atoms with E-state index < -0.39 is 11.6 Å². The summed E-state index contributed by atoms with van der Waals surface area (Å²) < 4.78 is 30.1. The lowest BCUT2D eigenvalue weighted by molar-refractivity contribution is 0.615. The fraction of sp³-hybridized carbons (Fsp3) is 0.158.